The van der Waals surface area contributed by atoms with Gasteiger partial charge >= 0.3 is 0 Å². The largest absolute Gasteiger partial charge is 0.320 e. The lowest BCUT2D eigenvalue weighted by Crippen LogP contribution is -2.25. The SMILES string of the molecule is Cc1nn(CC(C)C(=O)Nc2ccccc2[N+](=O)[O-])c(C)c1Cl. The number of nitrogens with zero attached hydrogens (tertiary/aromatic N) is 3. The lowest BCUT2D eigenvalue weighted by Gasteiger charge is -2.13. The molecule has 122 valence electrons. The van der Waals surface area contributed by atoms with E-state index in [1.165, 1.54) is 12.1 Å². The summed E-state index contributed by atoms with van der Waals surface area (Å²) in [4.78, 5) is 22.7. The summed E-state index contributed by atoms with van der Waals surface area (Å²) in [5.41, 5.74) is 1.54. The van der Waals surface area contributed by atoms with E-state index < -0.39 is 10.8 Å². The van der Waals surface area contributed by atoms with Crippen LogP contribution < -0.4 is 5.32 Å². The van der Waals surface area contributed by atoms with Crippen LogP contribution in [-0.2, 0) is 11.3 Å². The van der Waals surface area contributed by atoms with Gasteiger partial charge in [0, 0.05) is 6.07 Å². The van der Waals surface area contributed by atoms with Crippen LogP contribution in [0, 0.1) is 29.9 Å². The van der Waals surface area contributed by atoms with E-state index in [-0.39, 0.29) is 17.3 Å². The Morgan fingerprint density at radius 1 is 1.43 bits per heavy atom. The first-order chi connectivity index (χ1) is 10.8. The normalized spacial score (nSPS) is 12.0. The number of anilines is 1. The summed E-state index contributed by atoms with van der Waals surface area (Å²) in [6, 6.07) is 6.03. The molecule has 0 saturated carbocycles. The van der Waals surface area contributed by atoms with Crippen LogP contribution in [0.4, 0.5) is 11.4 Å². The number of hydrogen-bond acceptors (Lipinski definition) is 4. The number of hydrogen-bond donors (Lipinski definition) is 1. The van der Waals surface area contributed by atoms with Crippen molar-refractivity contribution in [1.29, 1.82) is 0 Å². The Hall–Kier alpha value is -2.41. The molecular formula is C15H17ClN4O3. The van der Waals surface area contributed by atoms with Gasteiger partial charge in [-0.1, -0.05) is 30.7 Å². The molecule has 7 nitrogen and oxygen atoms in total. The third-order valence-corrected chi connectivity index (χ3v) is 4.09. The van der Waals surface area contributed by atoms with Crippen LogP contribution in [0.25, 0.3) is 0 Å². The molecule has 1 atom stereocenters. The van der Waals surface area contributed by atoms with E-state index in [0.29, 0.717) is 17.3 Å². The van der Waals surface area contributed by atoms with Crippen LogP contribution in [0.3, 0.4) is 0 Å². The number of amides is 1. The second kappa shape index (κ2) is 6.78. The third-order valence-electron chi connectivity index (χ3n) is 3.55. The van der Waals surface area contributed by atoms with Crippen LogP contribution in [-0.4, -0.2) is 20.6 Å². The molecular weight excluding hydrogens is 320 g/mol. The van der Waals surface area contributed by atoms with E-state index in [1.54, 1.807) is 30.7 Å². The average molecular weight is 337 g/mol. The van der Waals surface area contributed by atoms with Crippen molar-refractivity contribution >= 4 is 28.9 Å². The number of nitro groups is 1. The summed E-state index contributed by atoms with van der Waals surface area (Å²) < 4.78 is 1.67. The zero-order chi connectivity index (χ0) is 17.1. The molecule has 0 radical (unpaired) electrons. The summed E-state index contributed by atoms with van der Waals surface area (Å²) >= 11 is 6.09. The highest BCUT2D eigenvalue weighted by Gasteiger charge is 2.20. The Bertz CT molecular complexity index is 757. The highest BCUT2D eigenvalue weighted by Crippen LogP contribution is 2.24. The van der Waals surface area contributed by atoms with E-state index >= 15 is 0 Å². The number of para-hydroxylation sites is 2. The first-order valence-corrected chi connectivity index (χ1v) is 7.42. The van der Waals surface area contributed by atoms with E-state index in [4.69, 9.17) is 11.6 Å². The molecule has 1 amide bonds. The highest BCUT2D eigenvalue weighted by molar-refractivity contribution is 6.31. The molecule has 1 unspecified atom stereocenters. The lowest BCUT2D eigenvalue weighted by atomic mass is 10.1. The van der Waals surface area contributed by atoms with Gasteiger partial charge in [-0.15, -0.1) is 0 Å². The molecule has 0 spiro atoms. The van der Waals surface area contributed by atoms with Crippen molar-refractivity contribution in [2.24, 2.45) is 5.92 Å². The summed E-state index contributed by atoms with van der Waals surface area (Å²) in [5.74, 6) is -0.744. The van der Waals surface area contributed by atoms with Gasteiger partial charge in [-0.25, -0.2) is 0 Å². The zero-order valence-corrected chi connectivity index (χ0v) is 13.8. The van der Waals surface area contributed by atoms with Crippen molar-refractivity contribution in [2.75, 3.05) is 5.32 Å². The number of carbonyl (C=O) groups excluding carboxylic acids is 1. The smallest absolute Gasteiger partial charge is 0.292 e. The van der Waals surface area contributed by atoms with Gasteiger partial charge in [-0.05, 0) is 19.9 Å². The fourth-order valence-electron chi connectivity index (χ4n) is 2.19. The summed E-state index contributed by atoms with van der Waals surface area (Å²) in [5, 5.41) is 18.4. The third kappa shape index (κ3) is 3.68. The topological polar surface area (TPSA) is 90.1 Å². The fourth-order valence-corrected chi connectivity index (χ4v) is 2.32. The van der Waals surface area contributed by atoms with E-state index in [2.05, 4.69) is 10.4 Å². The number of benzene rings is 1. The summed E-state index contributed by atoms with van der Waals surface area (Å²) in [6.45, 7) is 5.69. The number of aromatic nitrogens is 2. The van der Waals surface area contributed by atoms with Crippen LogP contribution in [0.1, 0.15) is 18.3 Å². The molecule has 2 rings (SSSR count). The molecule has 0 fully saturated rings. The number of rotatable bonds is 5. The number of carbonyl (C=O) groups is 1. The maximum absolute atomic E-state index is 12.3. The van der Waals surface area contributed by atoms with Crippen LogP contribution >= 0.6 is 11.6 Å². The first kappa shape index (κ1) is 17.0. The molecule has 0 saturated heterocycles. The van der Waals surface area contributed by atoms with Gasteiger partial charge in [-0.2, -0.15) is 5.10 Å². The molecule has 1 N–H and O–H groups in total. The minimum atomic E-state index is -0.527. The van der Waals surface area contributed by atoms with Gasteiger partial charge in [0.2, 0.25) is 5.91 Å². The maximum Gasteiger partial charge on any atom is 0.292 e. The quantitative estimate of drug-likeness (QED) is 0.669. The van der Waals surface area contributed by atoms with Crippen molar-refractivity contribution in [3.05, 3.63) is 50.8 Å². The molecule has 0 aliphatic carbocycles. The van der Waals surface area contributed by atoms with Crippen molar-refractivity contribution < 1.29 is 9.72 Å². The maximum atomic E-state index is 12.3. The standard InChI is InChI=1S/C15H17ClN4O3/c1-9(8-19-11(3)14(16)10(2)18-19)15(21)17-12-6-4-5-7-13(12)20(22)23/h4-7,9H,8H2,1-3H3,(H,17,21). The molecule has 0 aliphatic rings. The fraction of sp³-hybridized carbons (Fsp3) is 0.333. The molecule has 0 aliphatic heterocycles. The number of nitrogens with one attached hydrogen (secondary N) is 1. The predicted octanol–water partition coefficient (Wildman–Crippen LogP) is 3.34. The Morgan fingerprint density at radius 3 is 2.65 bits per heavy atom. The monoisotopic (exact) mass is 336 g/mol. The van der Waals surface area contributed by atoms with Crippen LogP contribution in [0.2, 0.25) is 5.02 Å². The predicted molar refractivity (Wildman–Crippen MR) is 87.6 cm³/mol. The molecule has 23 heavy (non-hydrogen) atoms. The van der Waals surface area contributed by atoms with Crippen LogP contribution in [0.15, 0.2) is 24.3 Å². The zero-order valence-electron chi connectivity index (χ0n) is 13.0. The highest BCUT2D eigenvalue weighted by atomic mass is 35.5. The van der Waals surface area contributed by atoms with E-state index in [0.717, 1.165) is 5.69 Å². The molecule has 8 heteroatoms. The number of halogens is 1. The van der Waals surface area contributed by atoms with Gasteiger partial charge in [0.15, 0.2) is 0 Å². The molecule has 2 aromatic rings. The minimum absolute atomic E-state index is 0.137. The number of nitro benzene ring substituents is 1. The van der Waals surface area contributed by atoms with Crippen molar-refractivity contribution in [3.8, 4) is 0 Å². The molecule has 0 bridgehead atoms. The van der Waals surface area contributed by atoms with Crippen molar-refractivity contribution in [3.63, 3.8) is 0 Å². The Kier molecular flexibility index (Phi) is 5.00. The van der Waals surface area contributed by atoms with Gasteiger partial charge in [-0.3, -0.25) is 19.6 Å². The van der Waals surface area contributed by atoms with Gasteiger partial charge < -0.3 is 5.32 Å². The average Bonchev–Trinajstić information content (AvgIpc) is 2.74. The van der Waals surface area contributed by atoms with Gasteiger partial charge in [0.25, 0.3) is 5.69 Å². The second-order valence-electron chi connectivity index (χ2n) is 5.33. The lowest BCUT2D eigenvalue weighted by molar-refractivity contribution is -0.383. The van der Waals surface area contributed by atoms with Crippen molar-refractivity contribution in [1.82, 2.24) is 9.78 Å². The molecule has 1 aromatic heterocycles. The summed E-state index contributed by atoms with van der Waals surface area (Å²) in [6.07, 6.45) is 0. The minimum Gasteiger partial charge on any atom is -0.320 e. The Balaban J connectivity index is 2.12. The second-order valence-corrected chi connectivity index (χ2v) is 5.71. The van der Waals surface area contributed by atoms with Gasteiger partial charge in [0.05, 0.1) is 33.8 Å². The first-order valence-electron chi connectivity index (χ1n) is 7.05. The van der Waals surface area contributed by atoms with E-state index in [9.17, 15) is 14.9 Å². The van der Waals surface area contributed by atoms with Crippen molar-refractivity contribution in [2.45, 2.75) is 27.3 Å². The molecule has 1 heterocycles. The molecule has 1 aromatic carbocycles. The Labute approximate surface area is 138 Å². The van der Waals surface area contributed by atoms with Gasteiger partial charge in [0.1, 0.15) is 5.69 Å². The van der Waals surface area contributed by atoms with E-state index in [1.807, 2.05) is 6.92 Å². The Morgan fingerprint density at radius 2 is 2.09 bits per heavy atom. The summed E-state index contributed by atoms with van der Waals surface area (Å²) in [7, 11) is 0. The van der Waals surface area contributed by atoms with Crippen LogP contribution in [0.5, 0.6) is 0 Å². The number of aryl methyl sites for hydroxylation is 1.